The molecule has 2 aromatic heterocycles. The minimum Gasteiger partial charge on any atom is -0.469 e. The van der Waals surface area contributed by atoms with Gasteiger partial charge in [-0.1, -0.05) is 0 Å². The van der Waals surface area contributed by atoms with Gasteiger partial charge in [-0.3, -0.25) is 4.79 Å². The van der Waals surface area contributed by atoms with Crippen molar-refractivity contribution in [3.8, 4) is 0 Å². The average molecular weight is 282 g/mol. The molecule has 0 fully saturated rings. The van der Waals surface area contributed by atoms with Crippen LogP contribution in [0.15, 0.2) is 44.9 Å². The number of rotatable bonds is 4. The van der Waals surface area contributed by atoms with Gasteiger partial charge in [0.25, 0.3) is 0 Å². The molecule has 0 aromatic carbocycles. The summed E-state index contributed by atoms with van der Waals surface area (Å²) < 4.78 is 30.8. The number of furan rings is 1. The summed E-state index contributed by atoms with van der Waals surface area (Å²) in [5.74, 6) is 0.657. The van der Waals surface area contributed by atoms with Crippen molar-refractivity contribution in [1.29, 1.82) is 0 Å². The van der Waals surface area contributed by atoms with Gasteiger partial charge in [0.2, 0.25) is 15.5 Å². The van der Waals surface area contributed by atoms with Gasteiger partial charge in [-0.15, -0.1) is 0 Å². The quantitative estimate of drug-likeness (QED) is 0.910. The van der Waals surface area contributed by atoms with Crippen molar-refractivity contribution >= 4 is 10.0 Å². The van der Waals surface area contributed by atoms with Crippen molar-refractivity contribution in [2.45, 2.75) is 18.4 Å². The molecule has 102 valence electrons. The fourth-order valence-corrected chi connectivity index (χ4v) is 2.85. The number of sulfonamides is 1. The Hall–Kier alpha value is -1.86. The maximum absolute atomic E-state index is 12.3. The highest BCUT2D eigenvalue weighted by Crippen LogP contribution is 2.16. The van der Waals surface area contributed by atoms with E-state index in [9.17, 15) is 13.2 Å². The lowest BCUT2D eigenvalue weighted by molar-refractivity contribution is 0.458. The van der Waals surface area contributed by atoms with Crippen LogP contribution in [0.2, 0.25) is 0 Å². The fraction of sp³-hybridized carbons (Fsp3) is 0.250. The van der Waals surface area contributed by atoms with Crippen molar-refractivity contribution in [2.24, 2.45) is 0 Å². The normalized spacial score (nSPS) is 11.9. The summed E-state index contributed by atoms with van der Waals surface area (Å²) in [5.41, 5.74) is 0.230. The fourth-order valence-electron chi connectivity index (χ4n) is 1.67. The molecule has 7 heteroatoms. The molecular weight excluding hydrogens is 268 g/mol. The van der Waals surface area contributed by atoms with Gasteiger partial charge in [-0.2, -0.15) is 4.31 Å². The molecule has 0 saturated heterocycles. The molecule has 0 unspecified atom stereocenters. The minimum absolute atomic E-state index is 0.152. The van der Waals surface area contributed by atoms with Gasteiger partial charge >= 0.3 is 0 Å². The molecule has 0 radical (unpaired) electrons. The Morgan fingerprint density at radius 2 is 2.11 bits per heavy atom. The average Bonchev–Trinajstić information content (AvgIpc) is 2.75. The van der Waals surface area contributed by atoms with Crippen LogP contribution in [0.5, 0.6) is 0 Å². The monoisotopic (exact) mass is 282 g/mol. The Bertz CT molecular complexity index is 730. The summed E-state index contributed by atoms with van der Waals surface area (Å²) in [6.07, 6.45) is 4.08. The molecule has 0 aliphatic rings. The highest BCUT2D eigenvalue weighted by atomic mass is 32.2. The number of H-pyrrole nitrogens is 1. The zero-order valence-electron chi connectivity index (χ0n) is 10.6. The van der Waals surface area contributed by atoms with E-state index in [0.29, 0.717) is 5.76 Å². The van der Waals surface area contributed by atoms with E-state index in [4.69, 9.17) is 4.42 Å². The second-order valence-corrected chi connectivity index (χ2v) is 6.15. The van der Waals surface area contributed by atoms with E-state index in [1.807, 2.05) is 0 Å². The van der Waals surface area contributed by atoms with Crippen LogP contribution < -0.4 is 5.43 Å². The van der Waals surface area contributed by atoms with Crippen LogP contribution in [0.4, 0.5) is 0 Å². The van der Waals surface area contributed by atoms with E-state index in [1.54, 1.807) is 13.0 Å². The van der Waals surface area contributed by atoms with Gasteiger partial charge in [-0.05, 0) is 13.0 Å². The van der Waals surface area contributed by atoms with Crippen molar-refractivity contribution < 1.29 is 12.8 Å². The van der Waals surface area contributed by atoms with Crippen LogP contribution in [0.1, 0.15) is 11.3 Å². The van der Waals surface area contributed by atoms with E-state index < -0.39 is 15.5 Å². The lowest BCUT2D eigenvalue weighted by atomic mass is 10.3. The Morgan fingerprint density at radius 3 is 2.68 bits per heavy atom. The molecule has 19 heavy (non-hydrogen) atoms. The Kier molecular flexibility index (Phi) is 3.59. The molecule has 6 nitrogen and oxygen atoms in total. The third-order valence-electron chi connectivity index (χ3n) is 2.84. The predicted octanol–water partition coefficient (Wildman–Crippen LogP) is 1.10. The molecule has 1 N–H and O–H groups in total. The maximum atomic E-state index is 12.3. The van der Waals surface area contributed by atoms with Crippen LogP contribution in [-0.4, -0.2) is 24.8 Å². The second-order valence-electron chi connectivity index (χ2n) is 4.14. The molecule has 0 bridgehead atoms. The van der Waals surface area contributed by atoms with E-state index in [-0.39, 0.29) is 11.4 Å². The van der Waals surface area contributed by atoms with Gasteiger partial charge in [0.15, 0.2) is 0 Å². The lowest BCUT2D eigenvalue weighted by Gasteiger charge is -2.16. The van der Waals surface area contributed by atoms with E-state index in [2.05, 4.69) is 4.98 Å². The van der Waals surface area contributed by atoms with Crippen LogP contribution in [-0.2, 0) is 16.6 Å². The molecule has 2 heterocycles. The van der Waals surface area contributed by atoms with Crippen molar-refractivity contribution in [3.05, 3.63) is 52.3 Å². The van der Waals surface area contributed by atoms with Crippen molar-refractivity contribution in [3.63, 3.8) is 0 Å². The highest BCUT2D eigenvalue weighted by molar-refractivity contribution is 7.89. The summed E-state index contributed by atoms with van der Waals surface area (Å²) in [5, 5.41) is 0. The molecule has 0 spiro atoms. The number of hydrogen-bond acceptors (Lipinski definition) is 4. The first-order chi connectivity index (χ1) is 8.93. The predicted molar refractivity (Wildman–Crippen MR) is 69.2 cm³/mol. The minimum atomic E-state index is -3.81. The van der Waals surface area contributed by atoms with Gasteiger partial charge in [0.1, 0.15) is 10.7 Å². The zero-order chi connectivity index (χ0) is 14.0. The number of nitrogens with zero attached hydrogens (tertiary/aromatic N) is 1. The molecule has 0 aliphatic heterocycles. The van der Waals surface area contributed by atoms with Crippen LogP contribution >= 0.6 is 0 Å². The summed E-state index contributed by atoms with van der Waals surface area (Å²) in [6, 6.07) is 2.89. The van der Waals surface area contributed by atoms with Gasteiger partial charge in [0, 0.05) is 37.6 Å². The largest absolute Gasteiger partial charge is 0.469 e. The number of hydrogen-bond donors (Lipinski definition) is 1. The van der Waals surface area contributed by atoms with E-state index in [0.717, 1.165) is 9.87 Å². The Morgan fingerprint density at radius 1 is 1.37 bits per heavy atom. The first kappa shape index (κ1) is 13.6. The third kappa shape index (κ3) is 2.61. The summed E-state index contributed by atoms with van der Waals surface area (Å²) in [7, 11) is -2.39. The van der Waals surface area contributed by atoms with Crippen LogP contribution in [0.25, 0.3) is 0 Å². The number of aryl methyl sites for hydroxylation is 1. The van der Waals surface area contributed by atoms with E-state index >= 15 is 0 Å². The first-order valence-electron chi connectivity index (χ1n) is 5.59. The zero-order valence-corrected chi connectivity index (χ0v) is 11.4. The SMILES string of the molecule is Cc1occc1CN(C)S(=O)(=O)c1c[nH]ccc1=O. The summed E-state index contributed by atoms with van der Waals surface area (Å²) in [6.45, 7) is 1.91. The summed E-state index contributed by atoms with van der Waals surface area (Å²) >= 11 is 0. The topological polar surface area (TPSA) is 83.4 Å². The molecule has 2 aromatic rings. The van der Waals surface area contributed by atoms with E-state index in [1.165, 1.54) is 31.8 Å². The molecule has 0 atom stereocenters. The standard InChI is InChI=1S/C12H14N2O4S/c1-9-10(4-6-18-9)8-14(2)19(16,17)12-7-13-5-3-11(12)15/h3-7H,8H2,1-2H3,(H,13,15). The van der Waals surface area contributed by atoms with Crippen molar-refractivity contribution in [1.82, 2.24) is 9.29 Å². The number of aromatic amines is 1. The maximum Gasteiger partial charge on any atom is 0.248 e. The Labute approximate surface area is 110 Å². The smallest absolute Gasteiger partial charge is 0.248 e. The highest BCUT2D eigenvalue weighted by Gasteiger charge is 2.24. The number of aromatic nitrogens is 1. The summed E-state index contributed by atoms with van der Waals surface area (Å²) in [4.78, 5) is 13.9. The first-order valence-corrected chi connectivity index (χ1v) is 7.03. The molecule has 0 amide bonds. The van der Waals surface area contributed by atoms with Crippen LogP contribution in [0, 0.1) is 6.92 Å². The third-order valence-corrected chi connectivity index (χ3v) is 4.66. The molecule has 0 saturated carbocycles. The van der Waals surface area contributed by atoms with Gasteiger partial charge in [-0.25, -0.2) is 8.42 Å². The molecule has 2 rings (SSSR count). The number of pyridine rings is 1. The van der Waals surface area contributed by atoms with Crippen LogP contribution in [0.3, 0.4) is 0 Å². The second kappa shape index (κ2) is 5.02. The van der Waals surface area contributed by atoms with Gasteiger partial charge < -0.3 is 9.40 Å². The lowest BCUT2D eigenvalue weighted by Crippen LogP contribution is -2.30. The van der Waals surface area contributed by atoms with Crippen molar-refractivity contribution in [2.75, 3.05) is 7.05 Å². The molecule has 0 aliphatic carbocycles. The number of nitrogens with one attached hydrogen (secondary N) is 1. The van der Waals surface area contributed by atoms with Gasteiger partial charge in [0.05, 0.1) is 6.26 Å². The molecular formula is C12H14N2O4S. The Balaban J connectivity index is 2.33.